The van der Waals surface area contributed by atoms with Crippen molar-refractivity contribution in [2.75, 3.05) is 5.43 Å². The van der Waals surface area contributed by atoms with E-state index in [1.54, 1.807) is 12.1 Å². The third-order valence-corrected chi connectivity index (χ3v) is 2.44. The summed E-state index contributed by atoms with van der Waals surface area (Å²) in [5.74, 6) is 7.24. The van der Waals surface area contributed by atoms with E-state index in [-0.39, 0.29) is 0 Å². The summed E-state index contributed by atoms with van der Waals surface area (Å²) in [4.78, 5) is 4.20. The van der Waals surface area contributed by atoms with Gasteiger partial charge >= 0.3 is 0 Å². The maximum Gasteiger partial charge on any atom is 0.221 e. The maximum absolute atomic E-state index is 5.74. The van der Waals surface area contributed by atoms with Gasteiger partial charge in [-0.1, -0.05) is 31.2 Å². The number of rotatable bonds is 4. The topological polar surface area (TPSA) is 60.2 Å². The fourth-order valence-corrected chi connectivity index (χ4v) is 1.56. The molecule has 88 valence electrons. The summed E-state index contributed by atoms with van der Waals surface area (Å²) in [7, 11) is 0. The molecule has 4 heteroatoms. The number of ether oxygens (including phenoxy) is 1. The predicted molar refractivity (Wildman–Crippen MR) is 67.9 cm³/mol. The summed E-state index contributed by atoms with van der Waals surface area (Å²) in [5.41, 5.74) is 3.64. The molecule has 1 heterocycles. The molecule has 0 unspecified atom stereocenters. The molecule has 0 spiro atoms. The Kier molecular flexibility index (Phi) is 3.57. The number of nitrogen functional groups attached to an aromatic ring is 1. The van der Waals surface area contributed by atoms with Crippen LogP contribution in [0.1, 0.15) is 12.5 Å². The monoisotopic (exact) mass is 229 g/mol. The summed E-state index contributed by atoms with van der Waals surface area (Å²) in [6, 6.07) is 13.3. The van der Waals surface area contributed by atoms with Crippen LogP contribution in [0.5, 0.6) is 11.6 Å². The molecule has 1 aromatic heterocycles. The SMILES string of the molecule is CCc1ccccc1Oc1cccc(NN)n1. The van der Waals surface area contributed by atoms with Crippen molar-refractivity contribution in [1.29, 1.82) is 0 Å². The van der Waals surface area contributed by atoms with Crippen LogP contribution in [0.3, 0.4) is 0 Å². The van der Waals surface area contributed by atoms with Crippen LogP contribution >= 0.6 is 0 Å². The molecule has 0 atom stereocenters. The van der Waals surface area contributed by atoms with E-state index < -0.39 is 0 Å². The Hall–Kier alpha value is -2.07. The fourth-order valence-electron chi connectivity index (χ4n) is 1.56. The van der Waals surface area contributed by atoms with Gasteiger partial charge in [-0.05, 0) is 24.1 Å². The van der Waals surface area contributed by atoms with Gasteiger partial charge in [-0.15, -0.1) is 0 Å². The van der Waals surface area contributed by atoms with Crippen molar-refractivity contribution in [3.8, 4) is 11.6 Å². The molecule has 0 aliphatic heterocycles. The van der Waals surface area contributed by atoms with Gasteiger partial charge in [0.25, 0.3) is 0 Å². The van der Waals surface area contributed by atoms with E-state index in [1.165, 1.54) is 0 Å². The van der Waals surface area contributed by atoms with Gasteiger partial charge in [-0.3, -0.25) is 0 Å². The molecular formula is C13H15N3O. The molecule has 0 bridgehead atoms. The third kappa shape index (κ3) is 2.73. The Labute approximate surface area is 100 Å². The lowest BCUT2D eigenvalue weighted by Gasteiger charge is -2.09. The van der Waals surface area contributed by atoms with E-state index in [0.717, 1.165) is 17.7 Å². The first-order chi connectivity index (χ1) is 8.33. The quantitative estimate of drug-likeness (QED) is 0.625. The number of pyridine rings is 1. The number of nitrogens with two attached hydrogens (primary N) is 1. The zero-order valence-electron chi connectivity index (χ0n) is 9.68. The first-order valence-corrected chi connectivity index (χ1v) is 5.53. The minimum atomic E-state index is 0.529. The number of aryl methyl sites for hydroxylation is 1. The number of hydrogen-bond acceptors (Lipinski definition) is 4. The zero-order valence-corrected chi connectivity index (χ0v) is 9.68. The van der Waals surface area contributed by atoms with Crippen molar-refractivity contribution in [3.05, 3.63) is 48.0 Å². The van der Waals surface area contributed by atoms with Crippen LogP contribution in [0.4, 0.5) is 5.82 Å². The van der Waals surface area contributed by atoms with Crippen LogP contribution in [0.2, 0.25) is 0 Å². The average Bonchev–Trinajstić information content (AvgIpc) is 2.39. The van der Waals surface area contributed by atoms with Gasteiger partial charge in [-0.2, -0.15) is 4.98 Å². The second-order valence-corrected chi connectivity index (χ2v) is 3.57. The van der Waals surface area contributed by atoms with Crippen molar-refractivity contribution < 1.29 is 4.74 Å². The third-order valence-electron chi connectivity index (χ3n) is 2.44. The molecule has 0 fully saturated rings. The standard InChI is InChI=1S/C13H15N3O/c1-2-10-6-3-4-7-11(10)17-13-9-5-8-12(15-13)16-14/h3-9H,2,14H2,1H3,(H,15,16). The molecule has 2 rings (SSSR count). The van der Waals surface area contributed by atoms with Crippen molar-refractivity contribution >= 4 is 5.82 Å². The van der Waals surface area contributed by atoms with E-state index in [4.69, 9.17) is 10.6 Å². The van der Waals surface area contributed by atoms with Crippen molar-refractivity contribution in [3.63, 3.8) is 0 Å². The smallest absolute Gasteiger partial charge is 0.221 e. The van der Waals surface area contributed by atoms with Crippen molar-refractivity contribution in [2.45, 2.75) is 13.3 Å². The van der Waals surface area contributed by atoms with Crippen molar-refractivity contribution in [2.24, 2.45) is 5.84 Å². The Balaban J connectivity index is 2.24. The summed E-state index contributed by atoms with van der Waals surface area (Å²) in [6.45, 7) is 2.09. The predicted octanol–water partition coefficient (Wildman–Crippen LogP) is 2.72. The van der Waals surface area contributed by atoms with Crippen LogP contribution in [0.25, 0.3) is 0 Å². The first-order valence-electron chi connectivity index (χ1n) is 5.53. The van der Waals surface area contributed by atoms with Gasteiger partial charge in [0.2, 0.25) is 5.88 Å². The van der Waals surface area contributed by atoms with Crippen LogP contribution in [-0.2, 0) is 6.42 Å². The van der Waals surface area contributed by atoms with Crippen LogP contribution in [0, 0.1) is 0 Å². The number of aromatic nitrogens is 1. The number of nitrogens with zero attached hydrogens (tertiary/aromatic N) is 1. The molecule has 0 saturated carbocycles. The molecule has 0 aliphatic rings. The van der Waals surface area contributed by atoms with Crippen LogP contribution in [0.15, 0.2) is 42.5 Å². The number of anilines is 1. The second-order valence-electron chi connectivity index (χ2n) is 3.57. The number of hydrazine groups is 1. The van der Waals surface area contributed by atoms with E-state index >= 15 is 0 Å². The largest absolute Gasteiger partial charge is 0.439 e. The highest BCUT2D eigenvalue weighted by Crippen LogP contribution is 2.24. The lowest BCUT2D eigenvalue weighted by molar-refractivity contribution is 0.458. The van der Waals surface area contributed by atoms with E-state index in [0.29, 0.717) is 11.7 Å². The zero-order chi connectivity index (χ0) is 12.1. The van der Waals surface area contributed by atoms with E-state index in [1.807, 2.05) is 30.3 Å². The second kappa shape index (κ2) is 5.32. The summed E-state index contributed by atoms with van der Waals surface area (Å²) < 4.78 is 5.74. The lowest BCUT2D eigenvalue weighted by Crippen LogP contribution is -2.08. The normalized spacial score (nSPS) is 10.0. The fraction of sp³-hybridized carbons (Fsp3) is 0.154. The maximum atomic E-state index is 5.74. The van der Waals surface area contributed by atoms with Gasteiger partial charge in [0, 0.05) is 6.07 Å². The molecule has 3 N–H and O–H groups in total. The minimum Gasteiger partial charge on any atom is -0.439 e. The molecule has 0 saturated heterocycles. The van der Waals surface area contributed by atoms with Gasteiger partial charge in [-0.25, -0.2) is 5.84 Å². The number of hydrogen-bond donors (Lipinski definition) is 2. The lowest BCUT2D eigenvalue weighted by atomic mass is 10.1. The number of para-hydroxylation sites is 1. The number of nitrogens with one attached hydrogen (secondary N) is 1. The molecule has 4 nitrogen and oxygen atoms in total. The van der Waals surface area contributed by atoms with E-state index in [2.05, 4.69) is 17.3 Å². The molecule has 0 radical (unpaired) electrons. The molecule has 0 amide bonds. The Morgan fingerprint density at radius 2 is 2.00 bits per heavy atom. The molecule has 17 heavy (non-hydrogen) atoms. The molecule has 2 aromatic rings. The highest BCUT2D eigenvalue weighted by molar-refractivity contribution is 5.39. The van der Waals surface area contributed by atoms with Crippen LogP contribution in [-0.4, -0.2) is 4.98 Å². The van der Waals surface area contributed by atoms with Crippen molar-refractivity contribution in [1.82, 2.24) is 4.98 Å². The van der Waals surface area contributed by atoms with Gasteiger partial charge in [0.05, 0.1) is 0 Å². The summed E-state index contributed by atoms with van der Waals surface area (Å²) in [6.07, 6.45) is 0.922. The summed E-state index contributed by atoms with van der Waals surface area (Å²) in [5, 5.41) is 0. The van der Waals surface area contributed by atoms with Gasteiger partial charge < -0.3 is 10.2 Å². The molecule has 0 aliphatic carbocycles. The average molecular weight is 229 g/mol. The highest BCUT2D eigenvalue weighted by Gasteiger charge is 2.03. The molecular weight excluding hydrogens is 214 g/mol. The van der Waals surface area contributed by atoms with Crippen LogP contribution < -0.4 is 16.0 Å². The summed E-state index contributed by atoms with van der Waals surface area (Å²) >= 11 is 0. The minimum absolute atomic E-state index is 0.529. The number of benzene rings is 1. The highest BCUT2D eigenvalue weighted by atomic mass is 16.5. The first kappa shape index (κ1) is 11.4. The van der Waals surface area contributed by atoms with Gasteiger partial charge in [0.15, 0.2) is 0 Å². The van der Waals surface area contributed by atoms with Gasteiger partial charge in [0.1, 0.15) is 11.6 Å². The Bertz CT molecular complexity index is 500. The Morgan fingerprint density at radius 3 is 2.76 bits per heavy atom. The molecule has 1 aromatic carbocycles. The van der Waals surface area contributed by atoms with E-state index in [9.17, 15) is 0 Å². The Morgan fingerprint density at radius 1 is 1.18 bits per heavy atom.